The highest BCUT2D eigenvalue weighted by Crippen LogP contribution is 2.51. The number of Topliss-reactive ketones (excluding diaryl/α,β-unsaturated/α-hetero) is 1. The lowest BCUT2D eigenvalue weighted by molar-refractivity contribution is -0.114. The van der Waals surface area contributed by atoms with E-state index in [0.717, 1.165) is 23.8 Å². The molecule has 1 atom stereocenters. The summed E-state index contributed by atoms with van der Waals surface area (Å²) < 4.78 is 37.2. The van der Waals surface area contributed by atoms with Gasteiger partial charge >= 0.3 is 0 Å². The van der Waals surface area contributed by atoms with E-state index < -0.39 is 9.84 Å². The van der Waals surface area contributed by atoms with Crippen LogP contribution in [0.3, 0.4) is 0 Å². The molecule has 0 N–H and O–H groups in total. The van der Waals surface area contributed by atoms with Crippen molar-refractivity contribution in [3.05, 3.63) is 65.5 Å². The molecule has 0 saturated carbocycles. The average Bonchev–Trinajstić information content (AvgIpc) is 2.85. The summed E-state index contributed by atoms with van der Waals surface area (Å²) in [5.74, 6) is -0.401. The van der Waals surface area contributed by atoms with E-state index in [9.17, 15) is 17.6 Å². The fourth-order valence-corrected chi connectivity index (χ4v) is 4.22. The van der Waals surface area contributed by atoms with Crippen LogP contribution >= 0.6 is 0 Å². The maximum atomic E-state index is 13.7. The molecule has 2 aromatic rings. The van der Waals surface area contributed by atoms with E-state index in [4.69, 9.17) is 0 Å². The Balaban J connectivity index is 2.25. The van der Waals surface area contributed by atoms with Crippen molar-refractivity contribution in [2.24, 2.45) is 5.41 Å². The van der Waals surface area contributed by atoms with Crippen LogP contribution in [0.5, 0.6) is 0 Å². The normalized spacial score (nSPS) is 20.7. The molecular weight excluding hydrogens is 351 g/mol. The van der Waals surface area contributed by atoms with E-state index in [1.807, 2.05) is 13.8 Å². The van der Waals surface area contributed by atoms with Crippen LogP contribution in [0.2, 0.25) is 0 Å². The second-order valence-electron chi connectivity index (χ2n) is 7.07. The van der Waals surface area contributed by atoms with Crippen molar-refractivity contribution in [1.82, 2.24) is 0 Å². The molecular formula is C21H21FO3S. The molecule has 0 radical (unpaired) electrons. The van der Waals surface area contributed by atoms with Crippen LogP contribution in [0.15, 0.2) is 53.4 Å². The Kier molecular flexibility index (Phi) is 4.61. The number of rotatable bonds is 4. The second-order valence-corrected chi connectivity index (χ2v) is 9.09. The van der Waals surface area contributed by atoms with E-state index in [1.54, 1.807) is 36.4 Å². The van der Waals surface area contributed by atoms with Gasteiger partial charge in [-0.15, -0.1) is 0 Å². The van der Waals surface area contributed by atoms with Gasteiger partial charge in [0.2, 0.25) is 0 Å². The molecule has 0 saturated heterocycles. The van der Waals surface area contributed by atoms with Crippen LogP contribution in [0.25, 0.3) is 11.1 Å². The van der Waals surface area contributed by atoms with Gasteiger partial charge in [0.25, 0.3) is 0 Å². The summed E-state index contributed by atoms with van der Waals surface area (Å²) >= 11 is 0. The van der Waals surface area contributed by atoms with E-state index in [1.165, 1.54) is 12.1 Å². The Morgan fingerprint density at radius 2 is 1.73 bits per heavy atom. The van der Waals surface area contributed by atoms with Gasteiger partial charge in [-0.3, -0.25) is 4.79 Å². The Labute approximate surface area is 153 Å². The largest absolute Gasteiger partial charge is 0.294 e. The number of carbonyl (C=O) groups is 1. The third kappa shape index (κ3) is 3.23. The lowest BCUT2D eigenvalue weighted by Crippen LogP contribution is -2.14. The molecule has 1 aliphatic rings. The number of allylic oxidation sites excluding steroid dienone is 2. The van der Waals surface area contributed by atoms with Gasteiger partial charge < -0.3 is 0 Å². The highest BCUT2D eigenvalue weighted by atomic mass is 32.2. The van der Waals surface area contributed by atoms with E-state index in [0.29, 0.717) is 17.6 Å². The molecule has 0 aromatic heterocycles. The molecule has 0 aliphatic heterocycles. The first-order valence-corrected chi connectivity index (χ1v) is 10.4. The minimum absolute atomic E-state index is 0.0119. The number of benzene rings is 2. The average molecular weight is 372 g/mol. The van der Waals surface area contributed by atoms with E-state index in [2.05, 4.69) is 0 Å². The van der Waals surface area contributed by atoms with Crippen molar-refractivity contribution in [1.29, 1.82) is 0 Å². The van der Waals surface area contributed by atoms with Gasteiger partial charge in [-0.1, -0.05) is 38.1 Å². The minimum Gasteiger partial charge on any atom is -0.294 e. The first-order chi connectivity index (χ1) is 12.2. The van der Waals surface area contributed by atoms with Crippen molar-refractivity contribution in [2.45, 2.75) is 31.6 Å². The molecule has 2 aromatic carbocycles. The summed E-state index contributed by atoms with van der Waals surface area (Å²) in [4.78, 5) is 13.0. The number of hydrogen-bond donors (Lipinski definition) is 0. The zero-order valence-corrected chi connectivity index (χ0v) is 15.9. The highest BCUT2D eigenvalue weighted by molar-refractivity contribution is 7.90. The fourth-order valence-electron chi connectivity index (χ4n) is 3.59. The van der Waals surface area contributed by atoms with Crippen LogP contribution in [-0.4, -0.2) is 20.5 Å². The summed E-state index contributed by atoms with van der Waals surface area (Å²) in [6.07, 6.45) is 2.27. The van der Waals surface area contributed by atoms with Crippen LogP contribution in [0, 0.1) is 11.2 Å². The number of halogens is 1. The molecule has 0 spiro atoms. The van der Waals surface area contributed by atoms with Gasteiger partial charge in [0.15, 0.2) is 15.6 Å². The van der Waals surface area contributed by atoms with Gasteiger partial charge in [0, 0.05) is 23.7 Å². The molecule has 3 nitrogen and oxygen atoms in total. The summed E-state index contributed by atoms with van der Waals surface area (Å²) in [5, 5.41) is 0. The van der Waals surface area contributed by atoms with Crippen LogP contribution in [0.1, 0.15) is 37.8 Å². The fraction of sp³-hybridized carbons (Fsp3) is 0.286. The summed E-state index contributed by atoms with van der Waals surface area (Å²) in [6, 6.07) is 12.6. The van der Waals surface area contributed by atoms with Gasteiger partial charge in [0.1, 0.15) is 5.82 Å². The zero-order chi connectivity index (χ0) is 19.1. The predicted molar refractivity (Wildman–Crippen MR) is 101 cm³/mol. The first-order valence-electron chi connectivity index (χ1n) is 8.50. The van der Waals surface area contributed by atoms with Crippen molar-refractivity contribution in [2.75, 3.05) is 6.26 Å². The second kappa shape index (κ2) is 6.47. The number of sulfone groups is 1. The number of carbonyl (C=O) groups excluding carboxylic acids is 1. The van der Waals surface area contributed by atoms with Crippen molar-refractivity contribution < 1.29 is 17.6 Å². The maximum absolute atomic E-state index is 13.7. The van der Waals surface area contributed by atoms with Crippen LogP contribution < -0.4 is 0 Å². The number of ketones is 1. The third-order valence-electron chi connectivity index (χ3n) is 5.15. The number of hydrogen-bond acceptors (Lipinski definition) is 3. The van der Waals surface area contributed by atoms with Gasteiger partial charge in [-0.25, -0.2) is 12.8 Å². The van der Waals surface area contributed by atoms with Gasteiger partial charge in [-0.2, -0.15) is 0 Å². The molecule has 0 fully saturated rings. The molecule has 0 heterocycles. The van der Waals surface area contributed by atoms with E-state index in [-0.39, 0.29) is 21.9 Å². The molecule has 0 amide bonds. The molecule has 0 bridgehead atoms. The maximum Gasteiger partial charge on any atom is 0.175 e. The zero-order valence-electron chi connectivity index (χ0n) is 15.0. The first kappa shape index (κ1) is 18.5. The molecule has 3 rings (SSSR count). The summed E-state index contributed by atoms with van der Waals surface area (Å²) in [7, 11) is -3.29. The lowest BCUT2D eigenvalue weighted by Gasteiger charge is -2.26. The minimum atomic E-state index is -3.29. The topological polar surface area (TPSA) is 51.2 Å². The molecule has 136 valence electrons. The molecule has 5 heteroatoms. The standard InChI is InChI=1S/C21H21FO3S/c1-4-21(2)13-18(23)19(15-6-5-7-16(22)12-15)20(21)14-8-10-17(11-9-14)26(3,24)25/h5-12H,4,13H2,1-3H3. The Morgan fingerprint density at radius 1 is 1.08 bits per heavy atom. The quantitative estimate of drug-likeness (QED) is 0.792. The van der Waals surface area contributed by atoms with Gasteiger partial charge in [-0.05, 0) is 47.4 Å². The molecule has 1 unspecified atom stereocenters. The van der Waals surface area contributed by atoms with Crippen molar-refractivity contribution in [3.63, 3.8) is 0 Å². The lowest BCUT2D eigenvalue weighted by atomic mass is 9.77. The Bertz CT molecular complexity index is 1000. The Hall–Kier alpha value is -2.27. The summed E-state index contributed by atoms with van der Waals surface area (Å²) in [5.41, 5.74) is 2.38. The SMILES string of the molecule is CCC1(C)CC(=O)C(c2cccc(F)c2)=C1c1ccc(S(C)(=O)=O)cc1. The summed E-state index contributed by atoms with van der Waals surface area (Å²) in [6.45, 7) is 4.05. The third-order valence-corrected chi connectivity index (χ3v) is 6.28. The molecule has 1 aliphatic carbocycles. The molecule has 26 heavy (non-hydrogen) atoms. The Morgan fingerprint density at radius 3 is 2.27 bits per heavy atom. The smallest absolute Gasteiger partial charge is 0.175 e. The highest BCUT2D eigenvalue weighted by Gasteiger charge is 2.41. The van der Waals surface area contributed by atoms with Crippen molar-refractivity contribution in [3.8, 4) is 0 Å². The predicted octanol–water partition coefficient (Wildman–Crippen LogP) is 4.53. The van der Waals surface area contributed by atoms with Crippen molar-refractivity contribution >= 4 is 26.8 Å². The monoisotopic (exact) mass is 372 g/mol. The van der Waals surface area contributed by atoms with E-state index >= 15 is 0 Å². The van der Waals surface area contributed by atoms with Crippen LogP contribution in [0.4, 0.5) is 4.39 Å². The van der Waals surface area contributed by atoms with Crippen LogP contribution in [-0.2, 0) is 14.6 Å². The van der Waals surface area contributed by atoms with Gasteiger partial charge in [0.05, 0.1) is 4.90 Å².